The first kappa shape index (κ1) is 14.9. The molecule has 0 bridgehead atoms. The molecule has 0 amide bonds. The highest BCUT2D eigenvalue weighted by molar-refractivity contribution is 5.93. The molecule has 0 aliphatic rings. The van der Waals surface area contributed by atoms with Gasteiger partial charge in [-0.3, -0.25) is 10.1 Å². The highest BCUT2D eigenvalue weighted by Gasteiger charge is 2.23. The summed E-state index contributed by atoms with van der Waals surface area (Å²) < 4.78 is 4.68. The number of methoxy groups -OCH3 is 1. The topological polar surface area (TPSA) is 69.4 Å². The molecule has 0 spiro atoms. The summed E-state index contributed by atoms with van der Waals surface area (Å²) in [4.78, 5) is 22.2. The Labute approximate surface area is 112 Å². The Morgan fingerprint density at radius 1 is 1.42 bits per heavy atom. The van der Waals surface area contributed by atoms with Gasteiger partial charge in [0.1, 0.15) is 0 Å². The van der Waals surface area contributed by atoms with Crippen LogP contribution >= 0.6 is 0 Å². The van der Waals surface area contributed by atoms with E-state index in [-0.39, 0.29) is 11.3 Å². The Morgan fingerprint density at radius 2 is 2.05 bits per heavy atom. The first-order valence-corrected chi connectivity index (χ1v) is 6.06. The van der Waals surface area contributed by atoms with Crippen LogP contribution in [0.25, 0.3) is 6.08 Å². The molecule has 1 aromatic carbocycles. The largest absolute Gasteiger partial charge is 0.466 e. The van der Waals surface area contributed by atoms with Gasteiger partial charge in [0.25, 0.3) is 0 Å². The average Bonchev–Trinajstić information content (AvgIpc) is 2.43. The van der Waals surface area contributed by atoms with Crippen LogP contribution < -0.4 is 0 Å². The second-order valence-electron chi connectivity index (χ2n) is 4.12. The minimum Gasteiger partial charge on any atom is -0.466 e. The lowest BCUT2D eigenvalue weighted by Crippen LogP contribution is -2.21. The predicted molar refractivity (Wildman–Crippen MR) is 72.1 cm³/mol. The summed E-state index contributed by atoms with van der Waals surface area (Å²) in [6.07, 6.45) is 2.08. The van der Waals surface area contributed by atoms with Crippen LogP contribution in [0.15, 0.2) is 35.9 Å². The molecule has 0 saturated heterocycles. The van der Waals surface area contributed by atoms with Gasteiger partial charge in [0, 0.05) is 23.3 Å². The summed E-state index contributed by atoms with van der Waals surface area (Å²) in [6, 6.07) is 8.43. The summed E-state index contributed by atoms with van der Waals surface area (Å²) in [5.41, 5.74) is 1.14. The standard InChI is InChI=1S/C14H17NO4/c1-3-13(15(17)18)10-12(14(16)19-2)9-11-7-5-4-6-8-11/h4-9,13H,3,10H2,1-2H3/b12-9+. The Morgan fingerprint density at radius 3 is 2.53 bits per heavy atom. The molecule has 1 rings (SSSR count). The third-order valence-corrected chi connectivity index (χ3v) is 2.81. The normalized spacial score (nSPS) is 12.8. The second-order valence-corrected chi connectivity index (χ2v) is 4.12. The van der Waals surface area contributed by atoms with E-state index in [1.807, 2.05) is 30.3 Å². The lowest BCUT2D eigenvalue weighted by Gasteiger charge is -2.09. The van der Waals surface area contributed by atoms with Crippen LogP contribution in [0, 0.1) is 10.1 Å². The third kappa shape index (κ3) is 4.54. The fourth-order valence-corrected chi connectivity index (χ4v) is 1.70. The fourth-order valence-electron chi connectivity index (χ4n) is 1.70. The predicted octanol–water partition coefficient (Wildman–Crippen LogP) is 2.69. The molecule has 1 aromatic rings. The summed E-state index contributed by atoms with van der Waals surface area (Å²) >= 11 is 0. The van der Waals surface area contributed by atoms with E-state index in [1.54, 1.807) is 13.0 Å². The molecule has 19 heavy (non-hydrogen) atoms. The van der Waals surface area contributed by atoms with Crippen molar-refractivity contribution in [3.63, 3.8) is 0 Å². The Kier molecular flexibility index (Phi) is 5.73. The van der Waals surface area contributed by atoms with Crippen molar-refractivity contribution in [2.75, 3.05) is 7.11 Å². The van der Waals surface area contributed by atoms with E-state index in [9.17, 15) is 14.9 Å². The van der Waals surface area contributed by atoms with Gasteiger partial charge in [0.05, 0.1) is 7.11 Å². The molecule has 0 saturated carbocycles. The van der Waals surface area contributed by atoms with Gasteiger partial charge in [-0.1, -0.05) is 37.3 Å². The van der Waals surface area contributed by atoms with Crippen LogP contribution in [0.2, 0.25) is 0 Å². The maximum absolute atomic E-state index is 11.7. The molecular weight excluding hydrogens is 246 g/mol. The first-order valence-electron chi connectivity index (χ1n) is 6.06. The van der Waals surface area contributed by atoms with Crippen LogP contribution in [0.5, 0.6) is 0 Å². The first-order chi connectivity index (χ1) is 9.08. The van der Waals surface area contributed by atoms with E-state index in [0.717, 1.165) is 5.56 Å². The summed E-state index contributed by atoms with van der Waals surface area (Å²) in [7, 11) is 1.27. The van der Waals surface area contributed by atoms with Crippen molar-refractivity contribution in [3.8, 4) is 0 Å². The molecular formula is C14H17NO4. The summed E-state index contributed by atoms with van der Waals surface area (Å²) in [5.74, 6) is -0.524. The van der Waals surface area contributed by atoms with Gasteiger partial charge >= 0.3 is 5.97 Å². The lowest BCUT2D eigenvalue weighted by molar-refractivity contribution is -0.522. The molecule has 5 heteroatoms. The number of carbonyl (C=O) groups excluding carboxylic acids is 1. The number of esters is 1. The number of hydrogen-bond donors (Lipinski definition) is 0. The zero-order valence-electron chi connectivity index (χ0n) is 11.0. The van der Waals surface area contributed by atoms with Gasteiger partial charge in [0.15, 0.2) is 0 Å². The minimum atomic E-state index is -0.769. The summed E-state index contributed by atoms with van der Waals surface area (Å²) in [6.45, 7) is 1.73. The Hall–Kier alpha value is -2.17. The quantitative estimate of drug-likeness (QED) is 0.342. The van der Waals surface area contributed by atoms with Crippen LogP contribution in [0.4, 0.5) is 0 Å². The van der Waals surface area contributed by atoms with E-state index in [1.165, 1.54) is 7.11 Å². The molecule has 0 heterocycles. The highest BCUT2D eigenvalue weighted by atomic mass is 16.6. The monoisotopic (exact) mass is 263 g/mol. The van der Waals surface area contributed by atoms with Crippen molar-refractivity contribution in [1.29, 1.82) is 0 Å². The molecule has 1 atom stereocenters. The zero-order chi connectivity index (χ0) is 14.3. The van der Waals surface area contributed by atoms with Crippen molar-refractivity contribution in [2.24, 2.45) is 0 Å². The molecule has 5 nitrogen and oxygen atoms in total. The average molecular weight is 263 g/mol. The molecule has 0 aliphatic heterocycles. The van der Waals surface area contributed by atoms with Crippen molar-refractivity contribution in [1.82, 2.24) is 0 Å². The number of benzene rings is 1. The van der Waals surface area contributed by atoms with E-state index < -0.39 is 12.0 Å². The van der Waals surface area contributed by atoms with Crippen molar-refractivity contribution in [3.05, 3.63) is 51.6 Å². The molecule has 0 N–H and O–H groups in total. The molecule has 1 unspecified atom stereocenters. The number of nitro groups is 1. The maximum Gasteiger partial charge on any atom is 0.334 e. The van der Waals surface area contributed by atoms with Gasteiger partial charge in [-0.25, -0.2) is 4.79 Å². The van der Waals surface area contributed by atoms with Gasteiger partial charge in [-0.2, -0.15) is 0 Å². The van der Waals surface area contributed by atoms with Gasteiger partial charge in [-0.15, -0.1) is 0 Å². The molecule has 0 aliphatic carbocycles. The van der Waals surface area contributed by atoms with E-state index in [0.29, 0.717) is 12.0 Å². The molecule has 0 aromatic heterocycles. The van der Waals surface area contributed by atoms with Gasteiger partial charge in [0.2, 0.25) is 6.04 Å². The van der Waals surface area contributed by atoms with Crippen molar-refractivity contribution >= 4 is 12.0 Å². The molecule has 0 radical (unpaired) electrons. The Bertz CT molecular complexity index is 468. The van der Waals surface area contributed by atoms with Crippen LogP contribution in [0.1, 0.15) is 25.3 Å². The lowest BCUT2D eigenvalue weighted by atomic mass is 10.0. The molecule has 0 fully saturated rings. The Balaban J connectivity index is 2.99. The smallest absolute Gasteiger partial charge is 0.334 e. The molecule has 102 valence electrons. The van der Waals surface area contributed by atoms with Gasteiger partial charge in [-0.05, 0) is 11.6 Å². The number of hydrogen-bond acceptors (Lipinski definition) is 4. The maximum atomic E-state index is 11.7. The van der Waals surface area contributed by atoms with Crippen LogP contribution in [-0.4, -0.2) is 24.0 Å². The minimum absolute atomic E-state index is 0.0745. The highest BCUT2D eigenvalue weighted by Crippen LogP contribution is 2.16. The van der Waals surface area contributed by atoms with Crippen molar-refractivity contribution in [2.45, 2.75) is 25.8 Å². The summed E-state index contributed by atoms with van der Waals surface area (Å²) in [5, 5.41) is 10.9. The number of rotatable bonds is 6. The van der Waals surface area contributed by atoms with E-state index in [4.69, 9.17) is 0 Å². The van der Waals surface area contributed by atoms with Crippen LogP contribution in [0.3, 0.4) is 0 Å². The zero-order valence-corrected chi connectivity index (χ0v) is 11.0. The van der Waals surface area contributed by atoms with Crippen molar-refractivity contribution < 1.29 is 14.5 Å². The van der Waals surface area contributed by atoms with Crippen LogP contribution in [-0.2, 0) is 9.53 Å². The SMILES string of the molecule is CCC(C/C(=C\c1ccccc1)C(=O)OC)[N+](=O)[O-]. The fraction of sp³-hybridized carbons (Fsp3) is 0.357. The number of carbonyl (C=O) groups is 1. The third-order valence-electron chi connectivity index (χ3n) is 2.81. The number of nitrogens with zero attached hydrogens (tertiary/aromatic N) is 1. The number of ether oxygens (including phenoxy) is 1. The van der Waals surface area contributed by atoms with E-state index in [2.05, 4.69) is 4.74 Å². The van der Waals surface area contributed by atoms with E-state index >= 15 is 0 Å². The van der Waals surface area contributed by atoms with Gasteiger partial charge < -0.3 is 4.74 Å². The second kappa shape index (κ2) is 7.31.